The van der Waals surface area contributed by atoms with E-state index in [1.807, 2.05) is 29.2 Å². The van der Waals surface area contributed by atoms with Crippen LogP contribution in [-0.2, 0) is 16.1 Å². The molecule has 0 atom stereocenters. The first-order chi connectivity index (χ1) is 11.5. The molecule has 24 heavy (non-hydrogen) atoms. The van der Waals surface area contributed by atoms with Gasteiger partial charge in [-0.1, -0.05) is 31.4 Å². The summed E-state index contributed by atoms with van der Waals surface area (Å²) in [6.07, 6.45) is 6.92. The SMILES string of the molecule is CC(=O)N(Cc1ccc(NC(=O)C2(N)CCCCC2)cc1)C1CC1. The minimum Gasteiger partial charge on any atom is -0.336 e. The Morgan fingerprint density at radius 3 is 2.33 bits per heavy atom. The zero-order valence-corrected chi connectivity index (χ0v) is 14.4. The zero-order valence-electron chi connectivity index (χ0n) is 14.4. The van der Waals surface area contributed by atoms with Crippen LogP contribution in [0.2, 0.25) is 0 Å². The smallest absolute Gasteiger partial charge is 0.244 e. The molecule has 0 aromatic heterocycles. The Morgan fingerprint density at radius 1 is 1.17 bits per heavy atom. The van der Waals surface area contributed by atoms with Crippen LogP contribution in [0.3, 0.4) is 0 Å². The molecular weight excluding hydrogens is 302 g/mol. The van der Waals surface area contributed by atoms with Crippen molar-refractivity contribution in [1.29, 1.82) is 0 Å². The molecule has 0 radical (unpaired) electrons. The predicted molar refractivity (Wildman–Crippen MR) is 94.3 cm³/mol. The van der Waals surface area contributed by atoms with Gasteiger partial charge in [0.25, 0.3) is 0 Å². The average molecular weight is 329 g/mol. The van der Waals surface area contributed by atoms with Gasteiger partial charge in [0.2, 0.25) is 11.8 Å². The van der Waals surface area contributed by atoms with Crippen LogP contribution in [0.15, 0.2) is 24.3 Å². The predicted octanol–water partition coefficient (Wildman–Crippen LogP) is 2.80. The molecule has 0 spiro atoms. The molecule has 3 rings (SSSR count). The number of hydrogen-bond acceptors (Lipinski definition) is 3. The van der Waals surface area contributed by atoms with Gasteiger partial charge in [-0.2, -0.15) is 0 Å². The minimum absolute atomic E-state index is 0.0849. The summed E-state index contributed by atoms with van der Waals surface area (Å²) < 4.78 is 0. The Hall–Kier alpha value is -1.88. The standard InChI is InChI=1S/C19H27N3O2/c1-14(23)22(17-9-10-17)13-15-5-7-16(8-6-15)21-18(24)19(20)11-3-2-4-12-19/h5-8,17H,2-4,9-13,20H2,1H3,(H,21,24). The number of carbonyl (C=O) groups is 2. The van der Waals surface area contributed by atoms with Crippen molar-refractivity contribution in [3.63, 3.8) is 0 Å². The van der Waals surface area contributed by atoms with Crippen molar-refractivity contribution in [3.05, 3.63) is 29.8 Å². The van der Waals surface area contributed by atoms with Gasteiger partial charge in [-0.25, -0.2) is 0 Å². The first-order valence-electron chi connectivity index (χ1n) is 8.94. The van der Waals surface area contributed by atoms with Gasteiger partial charge in [0, 0.05) is 25.2 Å². The van der Waals surface area contributed by atoms with Crippen LogP contribution in [0.1, 0.15) is 57.4 Å². The third kappa shape index (κ3) is 3.96. The maximum atomic E-state index is 12.4. The number of benzene rings is 1. The van der Waals surface area contributed by atoms with Crippen molar-refractivity contribution in [1.82, 2.24) is 4.90 Å². The first-order valence-corrected chi connectivity index (χ1v) is 8.94. The first kappa shape index (κ1) is 17.0. The van der Waals surface area contributed by atoms with Gasteiger partial charge in [-0.05, 0) is 43.4 Å². The number of nitrogens with two attached hydrogens (primary N) is 1. The fourth-order valence-corrected chi connectivity index (χ4v) is 3.44. The highest BCUT2D eigenvalue weighted by Crippen LogP contribution is 2.29. The number of anilines is 1. The van der Waals surface area contributed by atoms with E-state index in [0.29, 0.717) is 12.6 Å². The van der Waals surface area contributed by atoms with E-state index in [4.69, 9.17) is 5.73 Å². The molecular formula is C19H27N3O2. The van der Waals surface area contributed by atoms with E-state index in [1.165, 1.54) is 0 Å². The molecule has 2 saturated carbocycles. The maximum absolute atomic E-state index is 12.4. The van der Waals surface area contributed by atoms with Gasteiger partial charge in [0.1, 0.15) is 0 Å². The summed E-state index contributed by atoms with van der Waals surface area (Å²) in [5.74, 6) is 0.0375. The summed E-state index contributed by atoms with van der Waals surface area (Å²) in [6.45, 7) is 2.26. The van der Waals surface area contributed by atoms with E-state index < -0.39 is 5.54 Å². The van der Waals surface area contributed by atoms with E-state index in [-0.39, 0.29) is 11.8 Å². The van der Waals surface area contributed by atoms with Crippen LogP contribution in [0, 0.1) is 0 Å². The third-order valence-electron chi connectivity index (χ3n) is 5.15. The summed E-state index contributed by atoms with van der Waals surface area (Å²) in [4.78, 5) is 26.1. The normalized spacial score (nSPS) is 19.6. The minimum atomic E-state index is -0.728. The second-order valence-electron chi connectivity index (χ2n) is 7.25. The number of nitrogens with one attached hydrogen (secondary N) is 1. The van der Waals surface area contributed by atoms with Crippen molar-refractivity contribution >= 4 is 17.5 Å². The number of amides is 2. The molecule has 0 aliphatic heterocycles. The second kappa shape index (κ2) is 6.93. The van der Waals surface area contributed by atoms with Crippen LogP contribution in [0.4, 0.5) is 5.69 Å². The fraction of sp³-hybridized carbons (Fsp3) is 0.579. The van der Waals surface area contributed by atoms with Crippen LogP contribution < -0.4 is 11.1 Å². The Labute approximate surface area is 143 Å². The van der Waals surface area contributed by atoms with Gasteiger partial charge in [0.05, 0.1) is 5.54 Å². The van der Waals surface area contributed by atoms with E-state index in [0.717, 1.165) is 56.2 Å². The van der Waals surface area contributed by atoms with Gasteiger partial charge < -0.3 is 16.0 Å². The van der Waals surface area contributed by atoms with Crippen molar-refractivity contribution < 1.29 is 9.59 Å². The highest BCUT2D eigenvalue weighted by atomic mass is 16.2. The van der Waals surface area contributed by atoms with E-state index in [9.17, 15) is 9.59 Å². The lowest BCUT2D eigenvalue weighted by Gasteiger charge is -2.31. The molecule has 2 aliphatic carbocycles. The average Bonchev–Trinajstić information content (AvgIpc) is 3.39. The van der Waals surface area contributed by atoms with Crippen molar-refractivity contribution in [3.8, 4) is 0 Å². The molecule has 0 bridgehead atoms. The highest BCUT2D eigenvalue weighted by molar-refractivity contribution is 5.98. The Morgan fingerprint density at radius 2 is 1.79 bits per heavy atom. The monoisotopic (exact) mass is 329 g/mol. The highest BCUT2D eigenvalue weighted by Gasteiger charge is 2.35. The van der Waals surface area contributed by atoms with Crippen molar-refractivity contribution in [2.75, 3.05) is 5.32 Å². The number of carbonyl (C=O) groups excluding carboxylic acids is 2. The van der Waals surface area contributed by atoms with Crippen molar-refractivity contribution in [2.24, 2.45) is 5.73 Å². The number of rotatable bonds is 5. The van der Waals surface area contributed by atoms with Crippen LogP contribution >= 0.6 is 0 Å². The summed E-state index contributed by atoms with van der Waals surface area (Å²) >= 11 is 0. The quantitative estimate of drug-likeness (QED) is 0.872. The molecule has 2 fully saturated rings. The summed E-state index contributed by atoms with van der Waals surface area (Å²) in [5.41, 5.74) is 7.38. The second-order valence-corrected chi connectivity index (χ2v) is 7.25. The Kier molecular flexibility index (Phi) is 4.90. The number of nitrogens with zero attached hydrogens (tertiary/aromatic N) is 1. The lowest BCUT2D eigenvalue weighted by atomic mass is 9.82. The molecule has 1 aromatic rings. The maximum Gasteiger partial charge on any atom is 0.244 e. The fourth-order valence-electron chi connectivity index (χ4n) is 3.44. The largest absolute Gasteiger partial charge is 0.336 e. The molecule has 2 amide bonds. The van der Waals surface area contributed by atoms with Gasteiger partial charge in [-0.3, -0.25) is 9.59 Å². The van der Waals surface area contributed by atoms with Crippen molar-refractivity contribution in [2.45, 2.75) is 70.0 Å². The van der Waals surface area contributed by atoms with Crippen LogP contribution in [0.5, 0.6) is 0 Å². The molecule has 0 heterocycles. The van der Waals surface area contributed by atoms with Crippen LogP contribution in [-0.4, -0.2) is 28.3 Å². The topological polar surface area (TPSA) is 75.4 Å². The van der Waals surface area contributed by atoms with E-state index in [1.54, 1.807) is 6.92 Å². The molecule has 0 saturated heterocycles. The van der Waals surface area contributed by atoms with Crippen LogP contribution in [0.25, 0.3) is 0 Å². The van der Waals surface area contributed by atoms with Gasteiger partial charge in [-0.15, -0.1) is 0 Å². The Balaban J connectivity index is 1.60. The lowest BCUT2D eigenvalue weighted by Crippen LogP contribution is -2.52. The van der Waals surface area contributed by atoms with Gasteiger partial charge in [0.15, 0.2) is 0 Å². The third-order valence-corrected chi connectivity index (χ3v) is 5.15. The van der Waals surface area contributed by atoms with E-state index >= 15 is 0 Å². The Bertz CT molecular complexity index is 602. The molecule has 1 aromatic carbocycles. The summed E-state index contributed by atoms with van der Waals surface area (Å²) in [6, 6.07) is 8.14. The molecule has 130 valence electrons. The number of hydrogen-bond donors (Lipinski definition) is 2. The van der Waals surface area contributed by atoms with Gasteiger partial charge >= 0.3 is 0 Å². The molecule has 2 aliphatic rings. The molecule has 0 unspecified atom stereocenters. The summed E-state index contributed by atoms with van der Waals surface area (Å²) in [5, 5.41) is 2.95. The molecule has 5 nitrogen and oxygen atoms in total. The van der Waals surface area contributed by atoms with E-state index in [2.05, 4.69) is 5.32 Å². The zero-order chi connectivity index (χ0) is 17.2. The molecule has 5 heteroatoms. The molecule has 3 N–H and O–H groups in total. The summed E-state index contributed by atoms with van der Waals surface area (Å²) in [7, 11) is 0. The lowest BCUT2D eigenvalue weighted by molar-refractivity contribution is -0.130.